The van der Waals surface area contributed by atoms with Gasteiger partial charge in [0.05, 0.1) is 23.4 Å². The monoisotopic (exact) mass is 346 g/mol. The molecule has 0 atom stereocenters. The third kappa shape index (κ3) is 3.16. The second-order valence-electron chi connectivity index (χ2n) is 6.12. The summed E-state index contributed by atoms with van der Waals surface area (Å²) in [7, 11) is 1.59. The molecule has 1 amide bonds. The molecule has 0 saturated heterocycles. The molecular formula is C19H23ClN2O2. The van der Waals surface area contributed by atoms with Crippen molar-refractivity contribution in [3.63, 3.8) is 0 Å². The minimum Gasteiger partial charge on any atom is -0.496 e. The molecule has 0 unspecified atom stereocenters. The SMILES string of the molecule is CCN(C(=O)c1cc(Cl)c(-n2cccc2)cc1OC)C1CCCC1. The van der Waals surface area contributed by atoms with Crippen LogP contribution in [0.5, 0.6) is 5.75 Å². The van der Waals surface area contributed by atoms with Crippen LogP contribution in [0.15, 0.2) is 36.7 Å². The molecule has 0 aliphatic heterocycles. The average Bonchev–Trinajstić information content (AvgIpc) is 3.29. The molecule has 1 heterocycles. The molecule has 24 heavy (non-hydrogen) atoms. The molecule has 5 heteroatoms. The van der Waals surface area contributed by atoms with Crippen molar-refractivity contribution in [3.8, 4) is 11.4 Å². The summed E-state index contributed by atoms with van der Waals surface area (Å²) in [5.74, 6) is 0.562. The molecule has 1 aliphatic carbocycles. The van der Waals surface area contributed by atoms with Crippen LogP contribution in [0.3, 0.4) is 0 Å². The van der Waals surface area contributed by atoms with Crippen LogP contribution in [0, 0.1) is 0 Å². The van der Waals surface area contributed by atoms with Crippen LogP contribution in [0.25, 0.3) is 5.69 Å². The van der Waals surface area contributed by atoms with E-state index in [0.717, 1.165) is 18.5 Å². The van der Waals surface area contributed by atoms with Gasteiger partial charge in [0, 0.05) is 31.0 Å². The van der Waals surface area contributed by atoms with Gasteiger partial charge in [-0.15, -0.1) is 0 Å². The predicted molar refractivity (Wildman–Crippen MR) is 96.3 cm³/mol. The predicted octanol–water partition coefficient (Wildman–Crippen LogP) is 4.54. The molecule has 2 aromatic rings. The van der Waals surface area contributed by atoms with Crippen molar-refractivity contribution in [1.29, 1.82) is 0 Å². The molecule has 0 N–H and O–H groups in total. The van der Waals surface area contributed by atoms with Crippen LogP contribution in [0.1, 0.15) is 43.0 Å². The second kappa shape index (κ2) is 7.31. The Morgan fingerprint density at radius 1 is 1.29 bits per heavy atom. The van der Waals surface area contributed by atoms with E-state index in [4.69, 9.17) is 16.3 Å². The largest absolute Gasteiger partial charge is 0.496 e. The lowest BCUT2D eigenvalue weighted by atomic mass is 10.1. The van der Waals surface area contributed by atoms with Crippen molar-refractivity contribution in [3.05, 3.63) is 47.2 Å². The highest BCUT2D eigenvalue weighted by atomic mass is 35.5. The molecule has 0 spiro atoms. The Morgan fingerprint density at radius 3 is 2.54 bits per heavy atom. The number of aromatic nitrogens is 1. The van der Waals surface area contributed by atoms with Crippen LogP contribution in [0.2, 0.25) is 5.02 Å². The zero-order chi connectivity index (χ0) is 17.1. The first kappa shape index (κ1) is 16.9. The van der Waals surface area contributed by atoms with Crippen LogP contribution >= 0.6 is 11.6 Å². The van der Waals surface area contributed by atoms with E-state index in [9.17, 15) is 4.79 Å². The van der Waals surface area contributed by atoms with E-state index >= 15 is 0 Å². The maximum atomic E-state index is 13.1. The number of hydrogen-bond donors (Lipinski definition) is 0. The van der Waals surface area contributed by atoms with E-state index in [0.29, 0.717) is 28.9 Å². The van der Waals surface area contributed by atoms with E-state index in [-0.39, 0.29) is 5.91 Å². The van der Waals surface area contributed by atoms with Gasteiger partial charge in [-0.05, 0) is 38.0 Å². The number of halogens is 1. The lowest BCUT2D eigenvalue weighted by molar-refractivity contribution is 0.0690. The van der Waals surface area contributed by atoms with Gasteiger partial charge in [-0.25, -0.2) is 0 Å². The van der Waals surface area contributed by atoms with Crippen molar-refractivity contribution in [2.75, 3.05) is 13.7 Å². The number of hydrogen-bond acceptors (Lipinski definition) is 2. The summed E-state index contributed by atoms with van der Waals surface area (Å²) in [5, 5.41) is 0.540. The minimum absolute atomic E-state index is 0.00204. The maximum Gasteiger partial charge on any atom is 0.257 e. The second-order valence-corrected chi connectivity index (χ2v) is 6.53. The first-order valence-electron chi connectivity index (χ1n) is 8.47. The molecule has 0 radical (unpaired) electrons. The highest BCUT2D eigenvalue weighted by Gasteiger charge is 2.28. The smallest absolute Gasteiger partial charge is 0.257 e. The molecule has 128 valence electrons. The molecule has 1 saturated carbocycles. The topological polar surface area (TPSA) is 34.5 Å². The number of rotatable bonds is 5. The number of amides is 1. The Hall–Kier alpha value is -1.94. The van der Waals surface area contributed by atoms with Gasteiger partial charge in [-0.1, -0.05) is 24.4 Å². The number of ether oxygens (including phenoxy) is 1. The van der Waals surface area contributed by atoms with E-state index in [1.807, 2.05) is 47.0 Å². The minimum atomic E-state index is 0.00204. The molecule has 3 rings (SSSR count). The highest BCUT2D eigenvalue weighted by Crippen LogP contribution is 2.32. The normalized spacial score (nSPS) is 14.8. The van der Waals surface area contributed by atoms with Crippen LogP contribution in [0.4, 0.5) is 0 Å². The third-order valence-electron chi connectivity index (χ3n) is 4.75. The van der Waals surface area contributed by atoms with Gasteiger partial charge in [0.15, 0.2) is 0 Å². The van der Waals surface area contributed by atoms with E-state index in [2.05, 4.69) is 0 Å². The van der Waals surface area contributed by atoms with Gasteiger partial charge in [-0.3, -0.25) is 4.79 Å². The van der Waals surface area contributed by atoms with E-state index in [1.165, 1.54) is 12.8 Å². The molecule has 4 nitrogen and oxygen atoms in total. The maximum absolute atomic E-state index is 13.1. The van der Waals surface area contributed by atoms with Crippen molar-refractivity contribution in [1.82, 2.24) is 9.47 Å². The van der Waals surface area contributed by atoms with E-state index < -0.39 is 0 Å². The lowest BCUT2D eigenvalue weighted by Gasteiger charge is -2.28. The third-order valence-corrected chi connectivity index (χ3v) is 5.05. The Bertz CT molecular complexity index is 706. The fourth-order valence-corrected chi connectivity index (χ4v) is 3.77. The number of nitrogens with zero attached hydrogens (tertiary/aromatic N) is 2. The number of benzene rings is 1. The van der Waals surface area contributed by atoms with Crippen molar-refractivity contribution >= 4 is 17.5 Å². The van der Waals surface area contributed by atoms with Crippen LogP contribution < -0.4 is 4.74 Å². The number of methoxy groups -OCH3 is 1. The number of carbonyl (C=O) groups is 1. The van der Waals surface area contributed by atoms with Gasteiger partial charge >= 0.3 is 0 Å². The lowest BCUT2D eigenvalue weighted by Crippen LogP contribution is -2.38. The molecule has 1 aromatic carbocycles. The Morgan fingerprint density at radius 2 is 1.96 bits per heavy atom. The van der Waals surface area contributed by atoms with Gasteiger partial charge in [0.2, 0.25) is 0 Å². The quantitative estimate of drug-likeness (QED) is 0.796. The molecular weight excluding hydrogens is 324 g/mol. The van der Waals surface area contributed by atoms with Crippen LogP contribution in [-0.2, 0) is 0 Å². The van der Waals surface area contributed by atoms with Crippen LogP contribution in [-0.4, -0.2) is 35.1 Å². The van der Waals surface area contributed by atoms with Gasteiger partial charge in [0.1, 0.15) is 5.75 Å². The highest BCUT2D eigenvalue weighted by molar-refractivity contribution is 6.33. The fourth-order valence-electron chi connectivity index (χ4n) is 3.51. The summed E-state index contributed by atoms with van der Waals surface area (Å²) in [6, 6.07) is 7.75. The summed E-state index contributed by atoms with van der Waals surface area (Å²) in [6.45, 7) is 2.72. The summed E-state index contributed by atoms with van der Waals surface area (Å²) < 4.78 is 7.41. The summed E-state index contributed by atoms with van der Waals surface area (Å²) >= 11 is 6.45. The number of carbonyl (C=O) groups excluding carboxylic acids is 1. The Labute approximate surface area is 148 Å². The summed E-state index contributed by atoms with van der Waals surface area (Å²) in [6.07, 6.45) is 8.38. The molecule has 1 fully saturated rings. The molecule has 1 aromatic heterocycles. The molecule has 1 aliphatic rings. The first-order valence-corrected chi connectivity index (χ1v) is 8.85. The summed E-state index contributed by atoms with van der Waals surface area (Å²) in [4.78, 5) is 15.0. The average molecular weight is 347 g/mol. The van der Waals surface area contributed by atoms with Crippen molar-refractivity contribution in [2.45, 2.75) is 38.6 Å². The zero-order valence-electron chi connectivity index (χ0n) is 14.2. The Kier molecular flexibility index (Phi) is 5.14. The zero-order valence-corrected chi connectivity index (χ0v) is 14.9. The first-order chi connectivity index (χ1) is 11.7. The summed E-state index contributed by atoms with van der Waals surface area (Å²) in [5.41, 5.74) is 1.34. The fraction of sp³-hybridized carbons (Fsp3) is 0.421. The standard InChI is InChI=1S/C19H23ClN2O2/c1-3-22(14-8-4-5-9-14)19(23)15-12-16(20)17(13-18(15)24-2)21-10-6-7-11-21/h6-7,10-14H,3-5,8-9H2,1-2H3. The Balaban J connectivity index is 1.97. The molecule has 0 bridgehead atoms. The van der Waals surface area contributed by atoms with E-state index in [1.54, 1.807) is 13.2 Å². The van der Waals surface area contributed by atoms with Gasteiger partial charge < -0.3 is 14.2 Å². The van der Waals surface area contributed by atoms with Crippen molar-refractivity contribution in [2.24, 2.45) is 0 Å². The van der Waals surface area contributed by atoms with Gasteiger partial charge in [-0.2, -0.15) is 0 Å². The van der Waals surface area contributed by atoms with Crippen molar-refractivity contribution < 1.29 is 9.53 Å². The van der Waals surface area contributed by atoms with Gasteiger partial charge in [0.25, 0.3) is 5.91 Å².